The number of fused-ring (bicyclic) bond motifs is 2. The van der Waals surface area contributed by atoms with Crippen LogP contribution in [0.2, 0.25) is 0 Å². The molecule has 0 aliphatic heterocycles. The molecule has 2 aliphatic rings. The molecule has 1 aromatic heterocycles. The van der Waals surface area contributed by atoms with Gasteiger partial charge in [0.15, 0.2) is 0 Å². The molecule has 2 fully saturated rings. The maximum atomic E-state index is 10.8. The van der Waals surface area contributed by atoms with Crippen LogP contribution in [0.25, 0.3) is 0 Å². The van der Waals surface area contributed by atoms with Crippen molar-refractivity contribution in [2.24, 2.45) is 11.8 Å². The van der Waals surface area contributed by atoms with E-state index in [-0.39, 0.29) is 0 Å². The van der Waals surface area contributed by atoms with Crippen LogP contribution in [0.3, 0.4) is 0 Å². The van der Waals surface area contributed by atoms with Crippen LogP contribution in [-0.4, -0.2) is 14.7 Å². The first-order valence-corrected chi connectivity index (χ1v) is 5.98. The number of hydrogen-bond acceptors (Lipinski definition) is 2. The number of imidazole rings is 1. The van der Waals surface area contributed by atoms with Gasteiger partial charge in [-0.3, -0.25) is 0 Å². The van der Waals surface area contributed by atoms with Crippen LogP contribution in [-0.2, 0) is 12.1 Å². The summed E-state index contributed by atoms with van der Waals surface area (Å²) in [6.07, 6.45) is 8.39. The van der Waals surface area contributed by atoms with Crippen LogP contribution < -0.4 is 0 Å². The molecule has 3 nitrogen and oxygen atoms in total. The van der Waals surface area contributed by atoms with Crippen molar-refractivity contribution in [1.29, 1.82) is 0 Å². The van der Waals surface area contributed by atoms with E-state index in [0.717, 1.165) is 24.7 Å². The molecule has 0 spiro atoms. The second-order valence-electron chi connectivity index (χ2n) is 5.04. The average Bonchev–Trinajstić information content (AvgIpc) is 2.91. The smallest absolute Gasteiger partial charge is 0.141 e. The Kier molecular flexibility index (Phi) is 1.93. The van der Waals surface area contributed by atoms with Gasteiger partial charge in [0.05, 0.1) is 0 Å². The number of aryl methyl sites for hydroxylation is 1. The Balaban J connectivity index is 1.99. The van der Waals surface area contributed by atoms with Crippen molar-refractivity contribution in [3.05, 3.63) is 18.2 Å². The lowest BCUT2D eigenvalue weighted by molar-refractivity contribution is -0.0291. The molecule has 1 aromatic rings. The quantitative estimate of drug-likeness (QED) is 0.802. The fourth-order valence-corrected chi connectivity index (χ4v) is 3.52. The van der Waals surface area contributed by atoms with Crippen molar-refractivity contribution in [2.75, 3.05) is 0 Å². The van der Waals surface area contributed by atoms with Crippen LogP contribution in [0, 0.1) is 11.8 Å². The normalized spacial score (nSPS) is 38.8. The topological polar surface area (TPSA) is 38.0 Å². The molecule has 0 saturated heterocycles. The van der Waals surface area contributed by atoms with E-state index in [1.54, 1.807) is 0 Å². The van der Waals surface area contributed by atoms with E-state index >= 15 is 0 Å². The summed E-state index contributed by atoms with van der Waals surface area (Å²) in [7, 11) is 0. The van der Waals surface area contributed by atoms with E-state index in [1.165, 1.54) is 19.3 Å². The molecule has 0 amide bonds. The maximum Gasteiger partial charge on any atom is 0.141 e. The molecule has 1 N–H and O–H groups in total. The highest BCUT2D eigenvalue weighted by molar-refractivity contribution is 5.13. The van der Waals surface area contributed by atoms with Crippen molar-refractivity contribution in [1.82, 2.24) is 9.55 Å². The molecular weight excluding hydrogens is 188 g/mol. The standard InChI is InChI=1S/C12H18N2O/c1-2-14-6-5-13-11(14)12(15)8-9-3-4-10(12)7-9/h5-6,9-10,15H,2-4,7-8H2,1H3. The summed E-state index contributed by atoms with van der Waals surface area (Å²) in [5.41, 5.74) is -0.623. The monoisotopic (exact) mass is 206 g/mol. The number of rotatable bonds is 2. The number of nitrogens with zero attached hydrogens (tertiary/aromatic N) is 2. The van der Waals surface area contributed by atoms with Crippen LogP contribution >= 0.6 is 0 Å². The Hall–Kier alpha value is -0.830. The van der Waals surface area contributed by atoms with Gasteiger partial charge in [-0.25, -0.2) is 4.98 Å². The molecule has 3 rings (SSSR count). The summed E-state index contributed by atoms with van der Waals surface area (Å²) in [6.45, 7) is 3.00. The third-order valence-corrected chi connectivity index (χ3v) is 4.26. The van der Waals surface area contributed by atoms with Crippen molar-refractivity contribution in [3.63, 3.8) is 0 Å². The number of aromatic nitrogens is 2. The fraction of sp³-hybridized carbons (Fsp3) is 0.750. The largest absolute Gasteiger partial charge is 0.382 e. The van der Waals surface area contributed by atoms with E-state index in [0.29, 0.717) is 5.92 Å². The summed E-state index contributed by atoms with van der Waals surface area (Å²) in [4.78, 5) is 4.37. The molecule has 82 valence electrons. The van der Waals surface area contributed by atoms with Gasteiger partial charge in [-0.1, -0.05) is 0 Å². The highest BCUT2D eigenvalue weighted by Crippen LogP contribution is 2.54. The highest BCUT2D eigenvalue weighted by Gasteiger charge is 2.52. The van der Waals surface area contributed by atoms with E-state index in [2.05, 4.69) is 16.5 Å². The molecule has 3 unspecified atom stereocenters. The summed E-state index contributed by atoms with van der Waals surface area (Å²) < 4.78 is 2.08. The fourth-order valence-electron chi connectivity index (χ4n) is 3.52. The Labute approximate surface area is 90.1 Å². The molecule has 0 radical (unpaired) electrons. The van der Waals surface area contributed by atoms with Crippen LogP contribution in [0.4, 0.5) is 0 Å². The van der Waals surface area contributed by atoms with E-state index in [1.807, 2.05) is 12.4 Å². The van der Waals surface area contributed by atoms with Gasteiger partial charge >= 0.3 is 0 Å². The Morgan fingerprint density at radius 1 is 1.60 bits per heavy atom. The van der Waals surface area contributed by atoms with E-state index < -0.39 is 5.60 Å². The van der Waals surface area contributed by atoms with Crippen molar-refractivity contribution >= 4 is 0 Å². The first-order chi connectivity index (χ1) is 7.24. The van der Waals surface area contributed by atoms with Gasteiger partial charge in [0.1, 0.15) is 11.4 Å². The predicted molar refractivity (Wildman–Crippen MR) is 57.2 cm³/mol. The Morgan fingerprint density at radius 3 is 3.07 bits per heavy atom. The Bertz CT molecular complexity index is 373. The lowest BCUT2D eigenvalue weighted by Gasteiger charge is -2.32. The first kappa shape index (κ1) is 9.40. The highest BCUT2D eigenvalue weighted by atomic mass is 16.3. The lowest BCUT2D eigenvalue weighted by Crippen LogP contribution is -2.35. The van der Waals surface area contributed by atoms with Gasteiger partial charge in [0.2, 0.25) is 0 Å². The molecule has 3 atom stereocenters. The summed E-state index contributed by atoms with van der Waals surface area (Å²) in [6, 6.07) is 0. The molecular formula is C12H18N2O. The van der Waals surface area contributed by atoms with E-state index in [9.17, 15) is 5.11 Å². The van der Waals surface area contributed by atoms with E-state index in [4.69, 9.17) is 0 Å². The lowest BCUT2D eigenvalue weighted by atomic mass is 9.83. The van der Waals surface area contributed by atoms with Crippen molar-refractivity contribution in [2.45, 2.75) is 44.8 Å². The molecule has 15 heavy (non-hydrogen) atoms. The zero-order chi connectivity index (χ0) is 10.5. The molecule has 2 aliphatic carbocycles. The second kappa shape index (κ2) is 3.08. The minimum Gasteiger partial charge on any atom is -0.382 e. The summed E-state index contributed by atoms with van der Waals surface area (Å²) in [5.74, 6) is 2.09. The molecule has 2 bridgehead atoms. The van der Waals surface area contributed by atoms with Gasteiger partial charge in [0.25, 0.3) is 0 Å². The minimum absolute atomic E-state index is 0.454. The van der Waals surface area contributed by atoms with Crippen LogP contribution in [0.5, 0.6) is 0 Å². The first-order valence-electron chi connectivity index (χ1n) is 5.98. The molecule has 0 aromatic carbocycles. The zero-order valence-corrected chi connectivity index (χ0v) is 9.19. The zero-order valence-electron chi connectivity index (χ0n) is 9.19. The molecule has 2 saturated carbocycles. The maximum absolute atomic E-state index is 10.8. The number of aliphatic hydroxyl groups is 1. The molecule has 3 heteroatoms. The SMILES string of the molecule is CCn1ccnc1C1(O)CC2CCC1C2. The predicted octanol–water partition coefficient (Wildman–Crippen LogP) is 1.91. The van der Waals surface area contributed by atoms with Gasteiger partial charge in [-0.2, -0.15) is 0 Å². The average molecular weight is 206 g/mol. The van der Waals surface area contributed by atoms with Gasteiger partial charge in [-0.05, 0) is 44.4 Å². The van der Waals surface area contributed by atoms with Gasteiger partial charge < -0.3 is 9.67 Å². The van der Waals surface area contributed by atoms with Crippen LogP contribution in [0.15, 0.2) is 12.4 Å². The third-order valence-electron chi connectivity index (χ3n) is 4.26. The number of hydrogen-bond donors (Lipinski definition) is 1. The summed E-state index contributed by atoms with van der Waals surface area (Å²) in [5, 5.41) is 10.8. The minimum atomic E-state index is -0.623. The van der Waals surface area contributed by atoms with Gasteiger partial charge in [-0.15, -0.1) is 0 Å². The molecule has 1 heterocycles. The summed E-state index contributed by atoms with van der Waals surface area (Å²) >= 11 is 0. The third kappa shape index (κ3) is 1.19. The van der Waals surface area contributed by atoms with Crippen LogP contribution in [0.1, 0.15) is 38.4 Å². The van der Waals surface area contributed by atoms with Gasteiger partial charge in [0, 0.05) is 18.9 Å². The second-order valence-corrected chi connectivity index (χ2v) is 5.04. The Morgan fingerprint density at radius 2 is 2.47 bits per heavy atom. The van der Waals surface area contributed by atoms with Crippen molar-refractivity contribution < 1.29 is 5.11 Å². The van der Waals surface area contributed by atoms with Crippen molar-refractivity contribution in [3.8, 4) is 0 Å².